The van der Waals surface area contributed by atoms with Crippen LogP contribution in [-0.4, -0.2) is 23.6 Å². The van der Waals surface area contributed by atoms with Crippen LogP contribution in [0.25, 0.3) is 11.1 Å². The van der Waals surface area contributed by atoms with Crippen molar-refractivity contribution in [2.75, 3.05) is 6.54 Å². The van der Waals surface area contributed by atoms with Crippen LogP contribution in [0.3, 0.4) is 0 Å². The summed E-state index contributed by atoms with van der Waals surface area (Å²) in [4.78, 5) is 2.38. The second-order valence-electron chi connectivity index (χ2n) is 7.45. The lowest BCUT2D eigenvalue weighted by molar-refractivity contribution is 0.154. The van der Waals surface area contributed by atoms with Gasteiger partial charge in [0.1, 0.15) is 10.8 Å². The third-order valence-corrected chi connectivity index (χ3v) is 5.35. The van der Waals surface area contributed by atoms with Gasteiger partial charge in [0, 0.05) is 18.7 Å². The molecule has 2 aromatic rings. The zero-order valence-corrected chi connectivity index (χ0v) is 16.6. The first-order chi connectivity index (χ1) is 13.1. The van der Waals surface area contributed by atoms with E-state index in [9.17, 15) is 0 Å². The molecule has 1 radical (unpaired) electrons. The standard InChI is InChI=1S/C24H25ClNO/c1-17(2)27-23-10-6-9-22(24(23)25)26-16-21(26)15-18-11-13-20(14-12-18)19-7-4-3-5-8-19/h3-5,7-14,17,21H,6,15-16H2,1-2H3. The van der Waals surface area contributed by atoms with Gasteiger partial charge in [0.15, 0.2) is 0 Å². The van der Waals surface area contributed by atoms with Crippen LogP contribution in [0.5, 0.6) is 0 Å². The summed E-state index contributed by atoms with van der Waals surface area (Å²) in [5.41, 5.74) is 5.01. The molecular weight excluding hydrogens is 354 g/mol. The average molecular weight is 379 g/mol. The van der Waals surface area contributed by atoms with Gasteiger partial charge in [-0.3, -0.25) is 0 Å². The molecule has 2 aliphatic rings. The van der Waals surface area contributed by atoms with E-state index in [2.05, 4.69) is 72.0 Å². The molecule has 0 bridgehead atoms. The molecule has 27 heavy (non-hydrogen) atoms. The average Bonchev–Trinajstić information content (AvgIpc) is 3.43. The number of ether oxygens (including phenoxy) is 1. The van der Waals surface area contributed by atoms with Gasteiger partial charge in [-0.05, 0) is 49.5 Å². The fourth-order valence-corrected chi connectivity index (χ4v) is 3.87. The molecule has 1 heterocycles. The molecule has 1 atom stereocenters. The Morgan fingerprint density at radius 3 is 2.44 bits per heavy atom. The lowest BCUT2D eigenvalue weighted by Gasteiger charge is -2.21. The van der Waals surface area contributed by atoms with Crippen molar-refractivity contribution in [1.82, 2.24) is 4.90 Å². The van der Waals surface area contributed by atoms with E-state index in [1.54, 1.807) is 0 Å². The van der Waals surface area contributed by atoms with Crippen molar-refractivity contribution in [3.63, 3.8) is 0 Å². The van der Waals surface area contributed by atoms with Crippen molar-refractivity contribution < 1.29 is 4.74 Å². The van der Waals surface area contributed by atoms with Crippen LogP contribution >= 0.6 is 11.6 Å². The molecule has 1 saturated heterocycles. The fraction of sp³-hybridized carbons (Fsp3) is 0.292. The van der Waals surface area contributed by atoms with Gasteiger partial charge in [-0.1, -0.05) is 66.2 Å². The fourth-order valence-electron chi connectivity index (χ4n) is 3.57. The molecule has 1 aliphatic heterocycles. The molecule has 1 aliphatic carbocycles. The van der Waals surface area contributed by atoms with Crippen LogP contribution in [0.1, 0.15) is 25.8 Å². The van der Waals surface area contributed by atoms with Crippen LogP contribution < -0.4 is 0 Å². The number of hydrogen-bond acceptors (Lipinski definition) is 2. The van der Waals surface area contributed by atoms with E-state index in [0.717, 1.165) is 35.9 Å². The third-order valence-electron chi connectivity index (χ3n) is 4.97. The molecule has 0 saturated carbocycles. The number of allylic oxidation sites excluding steroid dienone is 3. The Balaban J connectivity index is 1.40. The van der Waals surface area contributed by atoms with Gasteiger partial charge in [0.05, 0.1) is 12.1 Å². The van der Waals surface area contributed by atoms with Gasteiger partial charge in [-0.2, -0.15) is 0 Å². The summed E-state index contributed by atoms with van der Waals surface area (Å²) in [6, 6.07) is 19.9. The number of hydrogen-bond donors (Lipinski definition) is 0. The molecule has 0 N–H and O–H groups in total. The topological polar surface area (TPSA) is 12.2 Å². The van der Waals surface area contributed by atoms with Crippen LogP contribution in [0.15, 0.2) is 77.2 Å². The van der Waals surface area contributed by atoms with Gasteiger partial charge in [0.25, 0.3) is 0 Å². The van der Waals surface area contributed by atoms with Crippen molar-refractivity contribution >= 4 is 11.6 Å². The summed E-state index contributed by atoms with van der Waals surface area (Å²) in [7, 11) is 0. The van der Waals surface area contributed by atoms with Crippen molar-refractivity contribution in [3.8, 4) is 11.1 Å². The zero-order valence-electron chi connectivity index (χ0n) is 15.9. The molecule has 139 valence electrons. The largest absolute Gasteiger partial charge is 0.490 e. The van der Waals surface area contributed by atoms with Crippen LogP contribution in [0.4, 0.5) is 0 Å². The maximum Gasteiger partial charge on any atom is 0.136 e. The van der Waals surface area contributed by atoms with Gasteiger partial charge in [-0.25, -0.2) is 0 Å². The van der Waals surface area contributed by atoms with E-state index >= 15 is 0 Å². The summed E-state index contributed by atoms with van der Waals surface area (Å²) in [6.45, 7) is 5.11. The van der Waals surface area contributed by atoms with Crippen LogP contribution in [0, 0.1) is 6.42 Å². The van der Waals surface area contributed by atoms with Crippen molar-refractivity contribution in [2.45, 2.75) is 38.8 Å². The Bertz CT molecular complexity index is 852. The molecule has 2 nitrogen and oxygen atoms in total. The minimum atomic E-state index is 0.137. The molecule has 0 spiro atoms. The van der Waals surface area contributed by atoms with Gasteiger partial charge in [0.2, 0.25) is 0 Å². The third kappa shape index (κ3) is 4.22. The Morgan fingerprint density at radius 1 is 1.04 bits per heavy atom. The highest BCUT2D eigenvalue weighted by Crippen LogP contribution is 2.38. The number of rotatable bonds is 6. The van der Waals surface area contributed by atoms with Crippen LogP contribution in [0.2, 0.25) is 0 Å². The molecule has 1 fully saturated rings. The lowest BCUT2D eigenvalue weighted by Crippen LogP contribution is -2.13. The molecule has 0 amide bonds. The predicted molar refractivity (Wildman–Crippen MR) is 112 cm³/mol. The normalized spacial score (nSPS) is 19.3. The zero-order chi connectivity index (χ0) is 18.8. The highest BCUT2D eigenvalue weighted by Gasteiger charge is 2.38. The van der Waals surface area contributed by atoms with Gasteiger partial charge in [-0.15, -0.1) is 0 Å². The Kier molecular flexibility index (Phi) is 5.27. The Morgan fingerprint density at radius 2 is 1.74 bits per heavy atom. The maximum absolute atomic E-state index is 6.60. The first kappa shape index (κ1) is 18.2. The van der Waals surface area contributed by atoms with E-state index < -0.39 is 0 Å². The van der Waals surface area contributed by atoms with Gasteiger partial charge < -0.3 is 9.64 Å². The van der Waals surface area contributed by atoms with E-state index in [1.165, 1.54) is 16.7 Å². The molecule has 2 aromatic carbocycles. The minimum absolute atomic E-state index is 0.137. The summed E-state index contributed by atoms with van der Waals surface area (Å²) < 4.78 is 5.84. The minimum Gasteiger partial charge on any atom is -0.490 e. The predicted octanol–water partition coefficient (Wildman–Crippen LogP) is 5.95. The van der Waals surface area contributed by atoms with Crippen molar-refractivity contribution in [3.05, 3.63) is 89.1 Å². The van der Waals surface area contributed by atoms with E-state index in [4.69, 9.17) is 16.3 Å². The highest BCUT2D eigenvalue weighted by atomic mass is 35.5. The molecule has 4 rings (SSSR count). The van der Waals surface area contributed by atoms with E-state index in [0.29, 0.717) is 6.04 Å². The summed E-state index contributed by atoms with van der Waals surface area (Å²) in [6.07, 6.45) is 6.32. The Labute approximate surface area is 167 Å². The van der Waals surface area contributed by atoms with Gasteiger partial charge >= 0.3 is 0 Å². The number of halogens is 1. The van der Waals surface area contributed by atoms with Crippen molar-refractivity contribution in [1.29, 1.82) is 0 Å². The van der Waals surface area contributed by atoms with Crippen molar-refractivity contribution in [2.24, 2.45) is 0 Å². The Hall–Kier alpha value is -2.19. The summed E-state index contributed by atoms with van der Waals surface area (Å²) in [5.74, 6) is 0.821. The molecular formula is C24H25ClNO. The number of nitrogens with zero attached hydrogens (tertiary/aromatic N) is 1. The first-order valence-corrected chi connectivity index (χ1v) is 10.0. The highest BCUT2D eigenvalue weighted by molar-refractivity contribution is 6.32. The monoisotopic (exact) mass is 378 g/mol. The summed E-state index contributed by atoms with van der Waals surface area (Å²) >= 11 is 6.60. The maximum atomic E-state index is 6.60. The van der Waals surface area contributed by atoms with Crippen LogP contribution in [-0.2, 0) is 11.2 Å². The summed E-state index contributed by atoms with van der Waals surface area (Å²) in [5, 5.41) is 0.747. The SMILES string of the molecule is CC(C)OC1=CC[CH]C(N2CC2Cc2ccc(-c3ccccc3)cc2)=C1Cl. The second-order valence-corrected chi connectivity index (χ2v) is 7.83. The smallest absolute Gasteiger partial charge is 0.136 e. The van der Waals surface area contributed by atoms with E-state index in [-0.39, 0.29) is 6.10 Å². The molecule has 1 unspecified atom stereocenters. The second kappa shape index (κ2) is 7.82. The lowest BCUT2D eigenvalue weighted by atomic mass is 10.0. The first-order valence-electron chi connectivity index (χ1n) is 9.63. The quantitative estimate of drug-likeness (QED) is 0.576. The number of benzene rings is 2. The van der Waals surface area contributed by atoms with E-state index in [1.807, 2.05) is 13.8 Å². The molecule has 3 heteroatoms. The molecule has 0 aromatic heterocycles.